The molecule has 1 amide bonds. The number of nitrogens with one attached hydrogen (secondary N) is 1. The first-order valence-electron chi connectivity index (χ1n) is 7.58. The summed E-state index contributed by atoms with van der Waals surface area (Å²) in [5.41, 5.74) is 0. The summed E-state index contributed by atoms with van der Waals surface area (Å²) in [6, 6.07) is -0.927. The van der Waals surface area contributed by atoms with E-state index >= 15 is 0 Å². The van der Waals surface area contributed by atoms with E-state index in [-0.39, 0.29) is 6.61 Å². The van der Waals surface area contributed by atoms with Gasteiger partial charge in [-0.2, -0.15) is 0 Å². The Balaban J connectivity index is 3.18. The normalized spacial score (nSPS) is 28.6. The largest absolute Gasteiger partial charge is 0.463 e. The fraction of sp³-hybridized carbons (Fsp3) is 0.733. The lowest BCUT2D eigenvalue weighted by Gasteiger charge is -2.44. The summed E-state index contributed by atoms with van der Waals surface area (Å²) >= 11 is 0. The second-order valence-corrected chi connectivity index (χ2v) is 5.46. The predicted molar refractivity (Wildman–Crippen MR) is 81.0 cm³/mol. The van der Waals surface area contributed by atoms with Gasteiger partial charge in [-0.25, -0.2) is 0 Å². The zero-order valence-corrected chi connectivity index (χ0v) is 14.8. The Morgan fingerprint density at radius 2 is 1.48 bits per heavy atom. The van der Waals surface area contributed by atoms with Gasteiger partial charge in [0.05, 0.1) is 0 Å². The van der Waals surface area contributed by atoms with Gasteiger partial charge in [-0.05, 0) is 0 Å². The second kappa shape index (κ2) is 9.33. The molecule has 1 rings (SSSR count). The van der Waals surface area contributed by atoms with E-state index in [0.29, 0.717) is 0 Å². The fourth-order valence-corrected chi connectivity index (χ4v) is 2.49. The number of carbonyl (C=O) groups excluding carboxylic acids is 4. The third kappa shape index (κ3) is 6.31. The lowest BCUT2D eigenvalue weighted by Crippen LogP contribution is -2.66. The summed E-state index contributed by atoms with van der Waals surface area (Å²) in [5.74, 6) is -2.29. The molecular weight excluding hydrogens is 338 g/mol. The van der Waals surface area contributed by atoms with Crippen molar-refractivity contribution in [3.8, 4) is 0 Å². The summed E-state index contributed by atoms with van der Waals surface area (Å²) in [7, 11) is 1.33. The van der Waals surface area contributed by atoms with Crippen molar-refractivity contribution in [2.45, 2.75) is 58.3 Å². The van der Waals surface area contributed by atoms with Gasteiger partial charge in [-0.3, -0.25) is 19.2 Å². The summed E-state index contributed by atoms with van der Waals surface area (Å²) < 4.78 is 26.2. The highest BCUT2D eigenvalue weighted by molar-refractivity contribution is 5.73. The molecule has 142 valence electrons. The van der Waals surface area contributed by atoms with Gasteiger partial charge in [0.15, 0.2) is 18.5 Å². The smallest absolute Gasteiger partial charge is 0.303 e. The van der Waals surface area contributed by atoms with Crippen LogP contribution in [0.3, 0.4) is 0 Å². The molecule has 1 aliphatic rings. The van der Waals surface area contributed by atoms with Crippen molar-refractivity contribution >= 4 is 23.8 Å². The molecule has 0 aromatic rings. The zero-order chi connectivity index (χ0) is 19.1. The van der Waals surface area contributed by atoms with Crippen LogP contribution in [-0.4, -0.2) is 68.2 Å². The lowest BCUT2D eigenvalue weighted by molar-refractivity contribution is -0.271. The number of hydrogen-bond donors (Lipinski definition) is 1. The maximum absolute atomic E-state index is 11.5. The maximum Gasteiger partial charge on any atom is 0.303 e. The van der Waals surface area contributed by atoms with Crippen molar-refractivity contribution in [3.63, 3.8) is 0 Å². The molecule has 1 heterocycles. The van der Waals surface area contributed by atoms with Crippen LogP contribution < -0.4 is 5.32 Å². The third-order valence-electron chi connectivity index (χ3n) is 3.30. The Hall–Kier alpha value is -2.20. The van der Waals surface area contributed by atoms with E-state index in [9.17, 15) is 19.2 Å². The van der Waals surface area contributed by atoms with Gasteiger partial charge >= 0.3 is 17.9 Å². The molecule has 1 fully saturated rings. The molecule has 5 atom stereocenters. The van der Waals surface area contributed by atoms with E-state index in [0.717, 1.165) is 0 Å². The Labute approximate surface area is 145 Å². The summed E-state index contributed by atoms with van der Waals surface area (Å²) in [5, 5.41) is 2.56. The predicted octanol–water partition coefficient (Wildman–Crippen LogP) is -0.711. The standard InChI is InChI=1S/C15H23NO9/c1-7(17)16-12-14(24-10(4)20)13(23-9(3)19)11(6-22-8(2)18)25-15(12)21-5/h11-15H,6H2,1-5H3,(H,16,17)/t11-,12-,13?,14?,15?/m1/s1. The molecule has 10 heteroatoms. The average Bonchev–Trinajstić information content (AvgIpc) is 2.48. The first-order valence-corrected chi connectivity index (χ1v) is 7.58. The number of carbonyl (C=O) groups is 4. The van der Waals surface area contributed by atoms with E-state index < -0.39 is 54.5 Å². The first-order chi connectivity index (χ1) is 11.6. The van der Waals surface area contributed by atoms with E-state index in [2.05, 4.69) is 5.32 Å². The minimum absolute atomic E-state index is 0.252. The van der Waals surface area contributed by atoms with Crippen LogP contribution >= 0.6 is 0 Å². The quantitative estimate of drug-likeness (QED) is 0.482. The van der Waals surface area contributed by atoms with E-state index in [4.69, 9.17) is 23.7 Å². The van der Waals surface area contributed by atoms with Crippen LogP contribution in [0.4, 0.5) is 0 Å². The van der Waals surface area contributed by atoms with Crippen molar-refractivity contribution in [2.75, 3.05) is 13.7 Å². The SMILES string of the molecule is COC1O[C@H](COC(C)=O)C(OC(C)=O)C(OC(C)=O)[C@H]1NC(C)=O. The van der Waals surface area contributed by atoms with Gasteiger partial charge in [0, 0.05) is 34.8 Å². The highest BCUT2D eigenvalue weighted by Gasteiger charge is 2.50. The molecule has 0 aromatic carbocycles. The summed E-state index contributed by atoms with van der Waals surface area (Å²) in [6.07, 6.45) is -4.17. The second-order valence-electron chi connectivity index (χ2n) is 5.46. The average molecular weight is 361 g/mol. The number of esters is 3. The van der Waals surface area contributed by atoms with Crippen LogP contribution in [0.15, 0.2) is 0 Å². The lowest BCUT2D eigenvalue weighted by atomic mass is 9.96. The molecule has 10 nitrogen and oxygen atoms in total. The number of rotatable bonds is 6. The van der Waals surface area contributed by atoms with Crippen molar-refractivity contribution in [2.24, 2.45) is 0 Å². The van der Waals surface area contributed by atoms with Gasteiger partial charge in [0.2, 0.25) is 5.91 Å². The van der Waals surface area contributed by atoms with Gasteiger partial charge in [0.1, 0.15) is 18.8 Å². The topological polar surface area (TPSA) is 126 Å². The zero-order valence-electron chi connectivity index (χ0n) is 14.8. The van der Waals surface area contributed by atoms with E-state index in [1.807, 2.05) is 0 Å². The maximum atomic E-state index is 11.5. The van der Waals surface area contributed by atoms with Crippen molar-refractivity contribution in [1.29, 1.82) is 0 Å². The molecule has 1 aliphatic heterocycles. The fourth-order valence-electron chi connectivity index (χ4n) is 2.49. The van der Waals surface area contributed by atoms with Crippen molar-refractivity contribution < 1.29 is 42.9 Å². The number of hydrogen-bond acceptors (Lipinski definition) is 9. The Morgan fingerprint density at radius 1 is 0.920 bits per heavy atom. The molecule has 0 aliphatic carbocycles. The molecule has 25 heavy (non-hydrogen) atoms. The summed E-state index contributed by atoms with van der Waals surface area (Å²) in [6.45, 7) is 4.57. The molecule has 3 unspecified atom stereocenters. The molecule has 1 saturated heterocycles. The first kappa shape index (κ1) is 20.8. The van der Waals surface area contributed by atoms with Gasteiger partial charge < -0.3 is 29.0 Å². The van der Waals surface area contributed by atoms with Crippen molar-refractivity contribution in [3.05, 3.63) is 0 Å². The summed E-state index contributed by atoms with van der Waals surface area (Å²) in [4.78, 5) is 45.5. The van der Waals surface area contributed by atoms with E-state index in [1.54, 1.807) is 0 Å². The van der Waals surface area contributed by atoms with Crippen molar-refractivity contribution in [1.82, 2.24) is 5.32 Å². The number of amides is 1. The minimum atomic E-state index is -1.11. The van der Waals surface area contributed by atoms with Crippen LogP contribution in [0.2, 0.25) is 0 Å². The highest BCUT2D eigenvalue weighted by atomic mass is 16.7. The molecule has 0 saturated carbocycles. The van der Waals surface area contributed by atoms with Crippen LogP contribution in [0.1, 0.15) is 27.7 Å². The van der Waals surface area contributed by atoms with Crippen LogP contribution in [0.5, 0.6) is 0 Å². The molecule has 0 radical (unpaired) electrons. The monoisotopic (exact) mass is 361 g/mol. The minimum Gasteiger partial charge on any atom is -0.463 e. The molecule has 1 N–H and O–H groups in total. The van der Waals surface area contributed by atoms with Gasteiger partial charge in [-0.1, -0.05) is 0 Å². The molecule has 0 spiro atoms. The number of methoxy groups -OCH3 is 1. The van der Waals surface area contributed by atoms with Crippen LogP contribution in [0, 0.1) is 0 Å². The Bertz CT molecular complexity index is 521. The third-order valence-corrected chi connectivity index (χ3v) is 3.30. The molecular formula is C15H23NO9. The number of ether oxygens (including phenoxy) is 5. The van der Waals surface area contributed by atoms with Crippen LogP contribution in [-0.2, 0) is 42.9 Å². The Kier molecular flexibility index (Phi) is 7.78. The van der Waals surface area contributed by atoms with E-state index in [1.165, 1.54) is 34.8 Å². The highest BCUT2D eigenvalue weighted by Crippen LogP contribution is 2.27. The Morgan fingerprint density at radius 3 is 1.92 bits per heavy atom. The molecule has 0 bridgehead atoms. The van der Waals surface area contributed by atoms with Gasteiger partial charge in [0.25, 0.3) is 0 Å². The van der Waals surface area contributed by atoms with Gasteiger partial charge in [-0.15, -0.1) is 0 Å². The molecule has 0 aromatic heterocycles. The van der Waals surface area contributed by atoms with Crippen LogP contribution in [0.25, 0.3) is 0 Å².